The summed E-state index contributed by atoms with van der Waals surface area (Å²) in [7, 11) is 0. The predicted octanol–water partition coefficient (Wildman–Crippen LogP) is 3.65. The van der Waals surface area contributed by atoms with Gasteiger partial charge in [0, 0.05) is 12.0 Å². The first-order chi connectivity index (χ1) is 9.90. The largest absolute Gasteiger partial charge is 0.416 e. The van der Waals surface area contributed by atoms with E-state index >= 15 is 0 Å². The van der Waals surface area contributed by atoms with Gasteiger partial charge in [0.15, 0.2) is 0 Å². The molecule has 1 rings (SSSR count). The van der Waals surface area contributed by atoms with Crippen LogP contribution in [-0.4, -0.2) is 12.5 Å². The molecule has 0 aliphatic rings. The van der Waals surface area contributed by atoms with E-state index in [1.54, 1.807) is 19.9 Å². The normalized spacial score (nSPS) is 12.6. The van der Waals surface area contributed by atoms with Crippen molar-refractivity contribution in [2.45, 2.75) is 39.3 Å². The zero-order valence-electron chi connectivity index (χ0n) is 13.0. The number of rotatable bonds is 4. The molecule has 0 aromatic heterocycles. The molecule has 0 fully saturated rings. The molecule has 0 saturated carbocycles. The van der Waals surface area contributed by atoms with E-state index in [9.17, 15) is 18.0 Å². The Kier molecular flexibility index (Phi) is 4.91. The molecule has 1 N–H and O–H groups in total. The fraction of sp³-hybridized carbons (Fsp3) is 0.500. The van der Waals surface area contributed by atoms with Gasteiger partial charge in [-0.2, -0.15) is 18.4 Å². The minimum Gasteiger partial charge on any atom is -0.354 e. The van der Waals surface area contributed by atoms with Crippen molar-refractivity contribution in [1.82, 2.24) is 5.32 Å². The van der Waals surface area contributed by atoms with Crippen LogP contribution in [0, 0.1) is 16.7 Å². The van der Waals surface area contributed by atoms with E-state index in [1.165, 1.54) is 19.9 Å². The molecule has 0 radical (unpaired) electrons. The highest BCUT2D eigenvalue weighted by Gasteiger charge is 2.33. The Morgan fingerprint density at radius 1 is 1.18 bits per heavy atom. The fourth-order valence-electron chi connectivity index (χ4n) is 1.79. The summed E-state index contributed by atoms with van der Waals surface area (Å²) in [6.45, 7) is 6.59. The van der Waals surface area contributed by atoms with Gasteiger partial charge in [0.05, 0.1) is 11.6 Å². The number of alkyl halides is 3. The van der Waals surface area contributed by atoms with Crippen molar-refractivity contribution >= 4 is 5.91 Å². The topological polar surface area (TPSA) is 52.9 Å². The highest BCUT2D eigenvalue weighted by atomic mass is 19.4. The van der Waals surface area contributed by atoms with Crippen molar-refractivity contribution in [2.75, 3.05) is 6.54 Å². The lowest BCUT2D eigenvalue weighted by Crippen LogP contribution is -2.42. The SMILES string of the molecule is CC(C)(C#N)C(=O)NCC(C)(C)c1cccc(C(F)(F)F)c1. The molecule has 0 bridgehead atoms. The first-order valence-electron chi connectivity index (χ1n) is 6.77. The number of nitriles is 1. The predicted molar refractivity (Wildman–Crippen MR) is 76.9 cm³/mol. The molecule has 1 aromatic rings. The highest BCUT2D eigenvalue weighted by molar-refractivity contribution is 5.84. The maximum absolute atomic E-state index is 12.8. The number of halogens is 3. The Balaban J connectivity index is 2.92. The average molecular weight is 312 g/mol. The van der Waals surface area contributed by atoms with Crippen LogP contribution >= 0.6 is 0 Å². The van der Waals surface area contributed by atoms with E-state index in [-0.39, 0.29) is 6.54 Å². The monoisotopic (exact) mass is 312 g/mol. The third-order valence-electron chi connectivity index (χ3n) is 3.51. The van der Waals surface area contributed by atoms with Gasteiger partial charge in [0.2, 0.25) is 5.91 Å². The summed E-state index contributed by atoms with van der Waals surface area (Å²) in [4.78, 5) is 11.9. The minimum absolute atomic E-state index is 0.137. The summed E-state index contributed by atoms with van der Waals surface area (Å²) in [5.74, 6) is -0.449. The molecule has 3 nitrogen and oxygen atoms in total. The molecule has 0 aliphatic heterocycles. The Labute approximate surface area is 128 Å². The molecule has 120 valence electrons. The Morgan fingerprint density at radius 3 is 2.23 bits per heavy atom. The Hall–Kier alpha value is -2.03. The van der Waals surface area contributed by atoms with Crippen LogP contribution in [0.2, 0.25) is 0 Å². The summed E-state index contributed by atoms with van der Waals surface area (Å²) in [5, 5.41) is 11.5. The van der Waals surface area contributed by atoms with Gasteiger partial charge in [-0.25, -0.2) is 0 Å². The molecule has 0 aliphatic carbocycles. The van der Waals surface area contributed by atoms with E-state index in [0.717, 1.165) is 12.1 Å². The molecule has 1 amide bonds. The summed E-state index contributed by atoms with van der Waals surface area (Å²) in [6, 6.07) is 6.92. The Bertz CT molecular complexity index is 598. The summed E-state index contributed by atoms with van der Waals surface area (Å²) in [6.07, 6.45) is -4.40. The zero-order valence-corrected chi connectivity index (χ0v) is 13.0. The summed E-state index contributed by atoms with van der Waals surface area (Å²) < 4.78 is 38.3. The maximum atomic E-state index is 12.8. The van der Waals surface area contributed by atoms with Crippen LogP contribution < -0.4 is 5.32 Å². The highest BCUT2D eigenvalue weighted by Crippen LogP contribution is 2.32. The number of nitrogens with zero attached hydrogens (tertiary/aromatic N) is 1. The molecule has 0 unspecified atom stereocenters. The van der Waals surface area contributed by atoms with E-state index in [1.807, 2.05) is 6.07 Å². The first-order valence-corrected chi connectivity index (χ1v) is 6.77. The molecule has 22 heavy (non-hydrogen) atoms. The second-order valence-electron chi connectivity index (χ2n) is 6.38. The molecule has 0 saturated heterocycles. The van der Waals surface area contributed by atoms with Gasteiger partial charge in [-0.3, -0.25) is 4.79 Å². The summed E-state index contributed by atoms with van der Waals surface area (Å²) in [5.41, 5.74) is -2.12. The number of hydrogen-bond acceptors (Lipinski definition) is 2. The molecule has 0 heterocycles. The van der Waals surface area contributed by atoms with Gasteiger partial charge < -0.3 is 5.32 Å². The maximum Gasteiger partial charge on any atom is 0.416 e. The van der Waals surface area contributed by atoms with Gasteiger partial charge >= 0.3 is 6.18 Å². The van der Waals surface area contributed by atoms with Crippen LogP contribution in [-0.2, 0) is 16.4 Å². The smallest absolute Gasteiger partial charge is 0.354 e. The number of amides is 1. The van der Waals surface area contributed by atoms with Gasteiger partial charge in [0.1, 0.15) is 5.41 Å². The van der Waals surface area contributed by atoms with Crippen molar-refractivity contribution in [3.8, 4) is 6.07 Å². The van der Waals surface area contributed by atoms with Crippen LogP contribution in [0.3, 0.4) is 0 Å². The van der Waals surface area contributed by atoms with Gasteiger partial charge in [-0.1, -0.05) is 32.0 Å². The number of carbonyl (C=O) groups is 1. The third-order valence-corrected chi connectivity index (χ3v) is 3.51. The second kappa shape index (κ2) is 5.99. The standard InChI is InChI=1S/C16H19F3N2O/c1-14(2,9-20)13(22)21-10-15(3,4)11-6-5-7-12(8-11)16(17,18)19/h5-8H,10H2,1-4H3,(H,21,22). The number of hydrogen-bond donors (Lipinski definition) is 1. The van der Waals surface area contributed by atoms with Gasteiger partial charge in [0.25, 0.3) is 0 Å². The number of carbonyl (C=O) groups excluding carboxylic acids is 1. The van der Waals surface area contributed by atoms with E-state index < -0.39 is 28.5 Å². The van der Waals surface area contributed by atoms with Crippen LogP contribution in [0.25, 0.3) is 0 Å². The van der Waals surface area contributed by atoms with Crippen molar-refractivity contribution in [3.05, 3.63) is 35.4 Å². The minimum atomic E-state index is -4.40. The lowest BCUT2D eigenvalue weighted by Gasteiger charge is -2.28. The van der Waals surface area contributed by atoms with Gasteiger partial charge in [-0.05, 0) is 25.5 Å². The van der Waals surface area contributed by atoms with Crippen molar-refractivity contribution in [1.29, 1.82) is 5.26 Å². The fourth-order valence-corrected chi connectivity index (χ4v) is 1.79. The van der Waals surface area contributed by atoms with E-state index in [0.29, 0.717) is 5.56 Å². The average Bonchev–Trinajstić information content (AvgIpc) is 2.44. The van der Waals surface area contributed by atoms with Crippen LogP contribution in [0.5, 0.6) is 0 Å². The number of benzene rings is 1. The lowest BCUT2D eigenvalue weighted by atomic mass is 9.83. The van der Waals surface area contributed by atoms with E-state index in [2.05, 4.69) is 5.32 Å². The van der Waals surface area contributed by atoms with Crippen molar-refractivity contribution in [2.24, 2.45) is 5.41 Å². The molecular formula is C16H19F3N2O. The second-order valence-corrected chi connectivity index (χ2v) is 6.38. The van der Waals surface area contributed by atoms with Crippen molar-refractivity contribution < 1.29 is 18.0 Å². The van der Waals surface area contributed by atoms with E-state index in [4.69, 9.17) is 5.26 Å². The van der Waals surface area contributed by atoms with Gasteiger partial charge in [-0.15, -0.1) is 0 Å². The van der Waals surface area contributed by atoms with Crippen LogP contribution in [0.4, 0.5) is 13.2 Å². The lowest BCUT2D eigenvalue weighted by molar-refractivity contribution is -0.137. The molecule has 1 aromatic carbocycles. The first kappa shape index (κ1) is 18.0. The van der Waals surface area contributed by atoms with Crippen molar-refractivity contribution in [3.63, 3.8) is 0 Å². The Morgan fingerprint density at radius 2 is 1.73 bits per heavy atom. The summed E-state index contributed by atoms with van der Waals surface area (Å²) >= 11 is 0. The third kappa shape index (κ3) is 4.23. The number of nitrogens with one attached hydrogen (secondary N) is 1. The molecular weight excluding hydrogens is 293 g/mol. The van der Waals surface area contributed by atoms with Crippen LogP contribution in [0.15, 0.2) is 24.3 Å². The zero-order chi connectivity index (χ0) is 17.2. The van der Waals surface area contributed by atoms with Crippen LogP contribution in [0.1, 0.15) is 38.8 Å². The quantitative estimate of drug-likeness (QED) is 0.922. The molecule has 0 atom stereocenters. The molecule has 0 spiro atoms. The molecule has 6 heteroatoms.